The van der Waals surface area contributed by atoms with Crippen LogP contribution in [-0.4, -0.2) is 41.0 Å². The topological polar surface area (TPSA) is 55.3 Å². The van der Waals surface area contributed by atoms with E-state index in [4.69, 9.17) is 9.72 Å². The highest BCUT2D eigenvalue weighted by Gasteiger charge is 2.29. The number of carbonyl (C=O) groups excluding carboxylic acids is 1. The van der Waals surface area contributed by atoms with Crippen LogP contribution in [0, 0.1) is 0 Å². The minimum absolute atomic E-state index is 0.00899. The molecule has 0 unspecified atom stereocenters. The van der Waals surface area contributed by atoms with Gasteiger partial charge in [-0.1, -0.05) is 13.8 Å². The molecule has 0 aromatic carbocycles. The van der Waals surface area contributed by atoms with E-state index in [-0.39, 0.29) is 5.91 Å². The van der Waals surface area contributed by atoms with Gasteiger partial charge in [0, 0.05) is 30.6 Å². The Labute approximate surface area is 146 Å². The highest BCUT2D eigenvalue weighted by molar-refractivity contribution is 7.09. The standard InChI is InChI=1S/C18H23N3O2S/c1-12(2)15-11-24-17(20-15)13-6-5-9-21(10-13)18(22)14-7-4-8-19-16(14)23-3/h4,7-8,11-13H,5-6,9-10H2,1-3H3/t13-/m0/s1. The molecule has 24 heavy (non-hydrogen) atoms. The lowest BCUT2D eigenvalue weighted by atomic mass is 9.98. The van der Waals surface area contributed by atoms with Crippen molar-refractivity contribution in [2.24, 2.45) is 0 Å². The van der Waals surface area contributed by atoms with Crippen molar-refractivity contribution < 1.29 is 9.53 Å². The van der Waals surface area contributed by atoms with Crippen molar-refractivity contribution >= 4 is 17.2 Å². The molecule has 0 aliphatic carbocycles. The number of hydrogen-bond donors (Lipinski definition) is 0. The van der Waals surface area contributed by atoms with E-state index in [0.717, 1.165) is 30.1 Å². The number of likely N-dealkylation sites (tertiary alicyclic amines) is 1. The average molecular weight is 345 g/mol. The molecule has 0 bridgehead atoms. The van der Waals surface area contributed by atoms with Gasteiger partial charge in [0.1, 0.15) is 5.56 Å². The van der Waals surface area contributed by atoms with Crippen LogP contribution in [0.4, 0.5) is 0 Å². The monoisotopic (exact) mass is 345 g/mol. The first-order valence-corrected chi connectivity index (χ1v) is 9.21. The Morgan fingerprint density at radius 1 is 1.46 bits per heavy atom. The Kier molecular flexibility index (Phi) is 5.14. The molecule has 6 heteroatoms. The van der Waals surface area contributed by atoms with E-state index < -0.39 is 0 Å². The largest absolute Gasteiger partial charge is 0.480 e. The molecule has 1 amide bonds. The van der Waals surface area contributed by atoms with Crippen LogP contribution in [0.25, 0.3) is 0 Å². The maximum atomic E-state index is 12.9. The van der Waals surface area contributed by atoms with Crippen molar-refractivity contribution in [1.29, 1.82) is 0 Å². The number of hydrogen-bond acceptors (Lipinski definition) is 5. The fourth-order valence-electron chi connectivity index (χ4n) is 3.00. The molecule has 1 aliphatic rings. The minimum atomic E-state index is -0.00899. The van der Waals surface area contributed by atoms with Crippen LogP contribution in [0.2, 0.25) is 0 Å². The molecule has 0 saturated carbocycles. The number of ether oxygens (including phenoxy) is 1. The molecule has 3 heterocycles. The summed E-state index contributed by atoms with van der Waals surface area (Å²) in [6.07, 6.45) is 3.71. The van der Waals surface area contributed by atoms with Crippen LogP contribution >= 0.6 is 11.3 Å². The van der Waals surface area contributed by atoms with Gasteiger partial charge in [-0.25, -0.2) is 9.97 Å². The number of rotatable bonds is 4. The first-order valence-electron chi connectivity index (χ1n) is 8.33. The quantitative estimate of drug-likeness (QED) is 0.848. The third-order valence-corrected chi connectivity index (χ3v) is 5.41. The van der Waals surface area contributed by atoms with Crippen LogP contribution in [-0.2, 0) is 0 Å². The normalized spacial score (nSPS) is 18.0. The SMILES string of the molecule is COc1ncccc1C(=O)N1CCC[C@H](c2nc(C(C)C)cs2)C1. The maximum absolute atomic E-state index is 12.9. The summed E-state index contributed by atoms with van der Waals surface area (Å²) in [6, 6.07) is 3.55. The van der Waals surface area contributed by atoms with Crippen molar-refractivity contribution in [2.75, 3.05) is 20.2 Å². The van der Waals surface area contributed by atoms with Gasteiger partial charge in [-0.3, -0.25) is 4.79 Å². The number of amides is 1. The number of pyridine rings is 1. The summed E-state index contributed by atoms with van der Waals surface area (Å²) in [5.74, 6) is 1.14. The van der Waals surface area contributed by atoms with E-state index in [0.29, 0.717) is 29.8 Å². The molecule has 0 N–H and O–H groups in total. The van der Waals surface area contributed by atoms with Crippen LogP contribution < -0.4 is 4.74 Å². The lowest BCUT2D eigenvalue weighted by Crippen LogP contribution is -2.39. The van der Waals surface area contributed by atoms with Gasteiger partial charge < -0.3 is 9.64 Å². The molecule has 1 aliphatic heterocycles. The highest BCUT2D eigenvalue weighted by Crippen LogP contribution is 2.32. The Hall–Kier alpha value is -1.95. The van der Waals surface area contributed by atoms with Crippen LogP contribution in [0.5, 0.6) is 5.88 Å². The number of thiazole rings is 1. The predicted octanol–water partition coefficient (Wildman–Crippen LogP) is 3.69. The van der Waals surface area contributed by atoms with E-state index in [2.05, 4.69) is 24.2 Å². The molecule has 2 aromatic rings. The van der Waals surface area contributed by atoms with Crippen molar-refractivity contribution in [3.63, 3.8) is 0 Å². The molecule has 1 fully saturated rings. The second-order valence-corrected chi connectivity index (χ2v) is 7.31. The minimum Gasteiger partial charge on any atom is -0.480 e. The Morgan fingerprint density at radius 2 is 2.29 bits per heavy atom. The van der Waals surface area contributed by atoms with Gasteiger partial charge in [0.2, 0.25) is 5.88 Å². The summed E-state index contributed by atoms with van der Waals surface area (Å²) >= 11 is 1.72. The predicted molar refractivity (Wildman–Crippen MR) is 94.9 cm³/mol. The molecule has 1 atom stereocenters. The fraction of sp³-hybridized carbons (Fsp3) is 0.500. The number of methoxy groups -OCH3 is 1. The number of carbonyl (C=O) groups is 1. The van der Waals surface area contributed by atoms with Gasteiger partial charge in [-0.05, 0) is 30.9 Å². The second-order valence-electron chi connectivity index (χ2n) is 6.42. The zero-order chi connectivity index (χ0) is 17.1. The van der Waals surface area contributed by atoms with E-state index in [1.54, 1.807) is 36.8 Å². The zero-order valence-corrected chi connectivity index (χ0v) is 15.2. The van der Waals surface area contributed by atoms with Crippen LogP contribution in [0.15, 0.2) is 23.7 Å². The van der Waals surface area contributed by atoms with Gasteiger partial charge in [-0.2, -0.15) is 0 Å². The van der Waals surface area contributed by atoms with Crippen molar-refractivity contribution in [2.45, 2.75) is 38.5 Å². The molecule has 128 valence electrons. The summed E-state index contributed by atoms with van der Waals surface area (Å²) in [7, 11) is 1.54. The fourth-order valence-corrected chi connectivity index (χ4v) is 4.11. The van der Waals surface area contributed by atoms with E-state index in [9.17, 15) is 4.79 Å². The zero-order valence-electron chi connectivity index (χ0n) is 14.4. The Morgan fingerprint density at radius 3 is 3.00 bits per heavy atom. The van der Waals surface area contributed by atoms with E-state index in [1.807, 2.05) is 4.90 Å². The highest BCUT2D eigenvalue weighted by atomic mass is 32.1. The van der Waals surface area contributed by atoms with Crippen LogP contribution in [0.1, 0.15) is 59.6 Å². The van der Waals surface area contributed by atoms with Crippen LogP contribution in [0.3, 0.4) is 0 Å². The molecule has 0 radical (unpaired) electrons. The Balaban J connectivity index is 1.76. The first kappa shape index (κ1) is 16.9. The van der Waals surface area contributed by atoms with Crippen molar-refractivity contribution in [3.8, 4) is 5.88 Å². The molecule has 0 spiro atoms. The van der Waals surface area contributed by atoms with Gasteiger partial charge in [-0.15, -0.1) is 11.3 Å². The summed E-state index contributed by atoms with van der Waals surface area (Å²) in [6.45, 7) is 5.80. The molecule has 2 aromatic heterocycles. The molecular formula is C18H23N3O2S. The van der Waals surface area contributed by atoms with Gasteiger partial charge in [0.05, 0.1) is 17.8 Å². The van der Waals surface area contributed by atoms with Gasteiger partial charge >= 0.3 is 0 Å². The smallest absolute Gasteiger partial charge is 0.259 e. The third-order valence-electron chi connectivity index (χ3n) is 4.38. The summed E-state index contributed by atoms with van der Waals surface area (Å²) in [4.78, 5) is 23.7. The third kappa shape index (κ3) is 3.43. The summed E-state index contributed by atoms with van der Waals surface area (Å²) in [5, 5.41) is 3.29. The maximum Gasteiger partial charge on any atom is 0.259 e. The molecule has 1 saturated heterocycles. The molecule has 5 nitrogen and oxygen atoms in total. The lowest BCUT2D eigenvalue weighted by Gasteiger charge is -2.32. The summed E-state index contributed by atoms with van der Waals surface area (Å²) in [5.41, 5.74) is 1.68. The first-order chi connectivity index (χ1) is 11.6. The van der Waals surface area contributed by atoms with Crippen molar-refractivity contribution in [3.05, 3.63) is 40.0 Å². The Bertz CT molecular complexity index is 714. The number of nitrogens with zero attached hydrogens (tertiary/aromatic N) is 3. The molecular weight excluding hydrogens is 322 g/mol. The van der Waals surface area contributed by atoms with E-state index >= 15 is 0 Å². The average Bonchev–Trinajstić information content (AvgIpc) is 3.11. The summed E-state index contributed by atoms with van der Waals surface area (Å²) < 4.78 is 5.23. The van der Waals surface area contributed by atoms with Gasteiger partial charge in [0.15, 0.2) is 0 Å². The number of aromatic nitrogens is 2. The van der Waals surface area contributed by atoms with Crippen molar-refractivity contribution in [1.82, 2.24) is 14.9 Å². The lowest BCUT2D eigenvalue weighted by molar-refractivity contribution is 0.0702. The van der Waals surface area contributed by atoms with Gasteiger partial charge in [0.25, 0.3) is 5.91 Å². The number of piperidine rings is 1. The second kappa shape index (κ2) is 7.30. The van der Waals surface area contributed by atoms with E-state index in [1.165, 1.54) is 0 Å². The molecule has 3 rings (SSSR count).